The second-order valence-corrected chi connectivity index (χ2v) is 19.0. The number of unbranched alkanes of at least 4 members (excludes halogenated alkanes) is 1. The summed E-state index contributed by atoms with van der Waals surface area (Å²) in [5, 5.41) is 17.3. The molecule has 0 radical (unpaired) electrons. The predicted molar refractivity (Wildman–Crippen MR) is 283 cm³/mol. The van der Waals surface area contributed by atoms with Gasteiger partial charge in [0.1, 0.15) is 42.3 Å². The first-order valence-electron chi connectivity index (χ1n) is 25.6. The molecule has 9 amide bonds. The van der Waals surface area contributed by atoms with E-state index in [-0.39, 0.29) is 76.8 Å². The number of primary amides is 1. The third-order valence-corrected chi connectivity index (χ3v) is 13.2. The van der Waals surface area contributed by atoms with Crippen molar-refractivity contribution in [3.05, 3.63) is 90.1 Å². The number of para-hydroxylation sites is 1. The lowest BCUT2D eigenvalue weighted by atomic mass is 10.0. The molecule has 76 heavy (non-hydrogen) atoms. The van der Waals surface area contributed by atoms with Gasteiger partial charge in [0.05, 0.1) is 12.7 Å². The largest absolute Gasteiger partial charge is 0.370 e. The second-order valence-electron chi connectivity index (χ2n) is 19.0. The Morgan fingerprint density at radius 3 is 2.18 bits per heavy atom. The molecule has 7 atom stereocenters. The third-order valence-electron chi connectivity index (χ3n) is 13.2. The molecule has 1 fully saturated rings. The van der Waals surface area contributed by atoms with E-state index in [0.717, 1.165) is 15.8 Å². The third kappa shape index (κ3) is 17.4. The molecule has 1 aliphatic rings. The highest BCUT2D eigenvalue weighted by Crippen LogP contribution is 2.21. The van der Waals surface area contributed by atoms with Crippen LogP contribution in [0.5, 0.6) is 0 Å². The first-order valence-corrected chi connectivity index (χ1v) is 25.6. The van der Waals surface area contributed by atoms with Crippen LogP contribution in [-0.2, 0) is 62.4 Å². The quantitative estimate of drug-likeness (QED) is 0.0360. The summed E-state index contributed by atoms with van der Waals surface area (Å²) in [5.41, 5.74) is 19.6. The summed E-state index contributed by atoms with van der Waals surface area (Å²) in [6.45, 7) is 3.28. The number of H-pyrrole nitrogens is 2. The van der Waals surface area contributed by atoms with E-state index in [4.69, 9.17) is 17.2 Å². The maximum absolute atomic E-state index is 14.9. The van der Waals surface area contributed by atoms with E-state index in [1.807, 2.05) is 31.2 Å². The number of nitrogens with one attached hydrogen (secondary N) is 8. The Labute approximate surface area is 441 Å². The Bertz CT molecular complexity index is 2660. The predicted octanol–water partition coefficient (Wildman–Crippen LogP) is -0.564. The van der Waals surface area contributed by atoms with Crippen LogP contribution in [0.4, 0.5) is 0 Å². The van der Waals surface area contributed by atoms with Crippen molar-refractivity contribution in [2.45, 2.75) is 133 Å². The van der Waals surface area contributed by atoms with E-state index >= 15 is 0 Å². The molecule has 14 N–H and O–H groups in total. The number of likely N-dealkylation sites (N-methyl/N-ethyl adjacent to an activating group) is 2. The fraction of sp³-hybridized carbons (Fsp3) is 0.481. The zero-order chi connectivity index (χ0) is 55.3. The smallest absolute Gasteiger partial charge is 0.246 e. The van der Waals surface area contributed by atoms with Crippen LogP contribution in [0.25, 0.3) is 10.9 Å². The van der Waals surface area contributed by atoms with Gasteiger partial charge in [-0.2, -0.15) is 0 Å². The molecule has 2 aromatic carbocycles. The highest BCUT2D eigenvalue weighted by Gasteiger charge is 2.38. The van der Waals surface area contributed by atoms with Crippen LogP contribution in [-0.4, -0.2) is 153 Å². The van der Waals surface area contributed by atoms with Gasteiger partial charge in [0.15, 0.2) is 5.96 Å². The van der Waals surface area contributed by atoms with Crippen molar-refractivity contribution in [3.63, 3.8) is 0 Å². The Morgan fingerprint density at radius 2 is 1.50 bits per heavy atom. The zero-order valence-corrected chi connectivity index (χ0v) is 43.6. The summed E-state index contributed by atoms with van der Waals surface area (Å²) in [6.07, 6.45) is 5.89. The maximum Gasteiger partial charge on any atom is 0.246 e. The number of carbonyl (C=O) groups is 9. The molecule has 0 spiro atoms. The number of hydrogen-bond acceptors (Lipinski definition) is 11. The van der Waals surface area contributed by atoms with Crippen LogP contribution in [0, 0.1) is 0 Å². The van der Waals surface area contributed by atoms with Crippen molar-refractivity contribution in [2.75, 3.05) is 27.2 Å². The van der Waals surface area contributed by atoms with E-state index in [0.29, 0.717) is 29.7 Å². The van der Waals surface area contributed by atoms with Crippen LogP contribution in [0.3, 0.4) is 0 Å². The molecule has 3 heterocycles. The number of benzene rings is 2. The number of rotatable bonds is 17. The Hall–Kier alpha value is -8.31. The number of fused-ring (bicyclic) bond motifs is 1. The number of aromatic nitrogens is 3. The van der Waals surface area contributed by atoms with Crippen molar-refractivity contribution in [1.29, 1.82) is 0 Å². The zero-order valence-electron chi connectivity index (χ0n) is 43.6. The van der Waals surface area contributed by atoms with Gasteiger partial charge < -0.3 is 68.9 Å². The van der Waals surface area contributed by atoms with Crippen molar-refractivity contribution in [3.8, 4) is 0 Å². The molecule has 0 bridgehead atoms. The average molecular weight is 1050 g/mol. The van der Waals surface area contributed by atoms with E-state index in [1.165, 1.54) is 38.4 Å². The normalized spacial score (nSPS) is 21.4. The molecule has 5 rings (SSSR count). The first-order chi connectivity index (χ1) is 36.4. The number of aromatic amines is 2. The highest BCUT2D eigenvalue weighted by molar-refractivity contribution is 5.99. The molecular weight excluding hydrogens is 979 g/mol. The summed E-state index contributed by atoms with van der Waals surface area (Å²) < 4.78 is 0. The van der Waals surface area contributed by atoms with E-state index in [2.05, 4.69) is 51.8 Å². The van der Waals surface area contributed by atoms with Gasteiger partial charge in [-0.3, -0.25) is 48.1 Å². The van der Waals surface area contributed by atoms with Crippen molar-refractivity contribution in [1.82, 2.24) is 56.7 Å². The molecule has 0 saturated carbocycles. The minimum Gasteiger partial charge on any atom is -0.370 e. The number of carbonyl (C=O) groups excluding carboxylic acids is 9. The van der Waals surface area contributed by atoms with Crippen molar-refractivity contribution in [2.24, 2.45) is 22.2 Å². The van der Waals surface area contributed by atoms with Gasteiger partial charge in [0.25, 0.3) is 0 Å². The van der Waals surface area contributed by atoms with Crippen LogP contribution in [0.1, 0.15) is 88.5 Å². The monoisotopic (exact) mass is 1050 g/mol. The maximum atomic E-state index is 14.9. The highest BCUT2D eigenvalue weighted by atomic mass is 16.2. The van der Waals surface area contributed by atoms with Crippen LogP contribution >= 0.6 is 0 Å². The lowest BCUT2D eigenvalue weighted by molar-refractivity contribution is -0.144. The number of nitrogens with zero attached hydrogens (tertiary/aromatic N) is 4. The molecule has 4 aromatic rings. The van der Waals surface area contributed by atoms with Gasteiger partial charge in [-0.25, -0.2) is 4.98 Å². The SMILES string of the molecule is CCCC[C@H](NC(C)=O)C(=O)N[C@H]1CC(=O)NCCCC[C@@H](C(N)=O)N(C)C(=O)[C@H](Cc2c[nH]c3ccccc23)NC(=O)[C@H](CCCN=C(N)N)NC(=O)[C@@H](Cc2ccccc2)NC(=O)[C@H](Cc2cnc[nH]2)N(C)C1=O. The molecule has 0 aliphatic carbocycles. The molecule has 410 valence electrons. The van der Waals surface area contributed by atoms with Gasteiger partial charge in [-0.05, 0) is 55.7 Å². The minimum atomic E-state index is -1.56. The Morgan fingerprint density at radius 1 is 0.803 bits per heavy atom. The average Bonchev–Trinajstić information content (AvgIpc) is 4.07. The van der Waals surface area contributed by atoms with Crippen molar-refractivity contribution >= 4 is 70.0 Å². The van der Waals surface area contributed by atoms with Gasteiger partial charge in [0.2, 0.25) is 53.2 Å². The first kappa shape index (κ1) is 58.6. The number of aliphatic imine (C=N–C) groups is 1. The van der Waals surface area contributed by atoms with E-state index in [1.54, 1.807) is 36.5 Å². The topological polar surface area (TPSA) is 367 Å². The number of nitrogens with two attached hydrogens (primary N) is 3. The van der Waals surface area contributed by atoms with E-state index < -0.39 is 102 Å². The van der Waals surface area contributed by atoms with E-state index in [9.17, 15) is 43.2 Å². The van der Waals surface area contributed by atoms with Crippen LogP contribution < -0.4 is 49.1 Å². The molecule has 2 aromatic heterocycles. The molecule has 1 aliphatic heterocycles. The molecular formula is C52H73N15O9. The summed E-state index contributed by atoms with van der Waals surface area (Å²) >= 11 is 0. The summed E-state index contributed by atoms with van der Waals surface area (Å²) in [7, 11) is 2.73. The van der Waals surface area contributed by atoms with Gasteiger partial charge in [-0.1, -0.05) is 68.3 Å². The number of imidazole rings is 1. The molecule has 0 unspecified atom stereocenters. The number of amides is 9. The molecule has 1 saturated heterocycles. The lowest BCUT2D eigenvalue weighted by Crippen LogP contribution is -2.61. The summed E-state index contributed by atoms with van der Waals surface area (Å²) in [6, 6.07) is 6.89. The fourth-order valence-corrected chi connectivity index (χ4v) is 9.04. The number of hydrogen-bond donors (Lipinski definition) is 11. The Balaban J connectivity index is 1.59. The molecule has 24 nitrogen and oxygen atoms in total. The summed E-state index contributed by atoms with van der Waals surface area (Å²) in [4.78, 5) is 143. The van der Waals surface area contributed by atoms with Crippen molar-refractivity contribution < 1.29 is 43.2 Å². The lowest BCUT2D eigenvalue weighted by Gasteiger charge is -2.32. The standard InChI is InChI=1S/C52H73N15O9/c1-5-6-18-37(61-31(2)68)46(71)65-41-27-44(69)57-22-13-12-21-42(45(53)70)66(3)50(75)40(25-33-28-59-36-19-11-10-17-35(33)36)64-47(72)38(20-14-23-58-52(54)55)62-48(73)39(24-32-15-8-7-9-16-32)63-49(74)43(67(4)51(41)76)26-34-29-56-30-60-34/h7-11,15-17,19,28-30,37-43,59H,5-6,12-14,18,20-27H2,1-4H3,(H2,53,70)(H,56,60)(H,57,69)(H,61,68)(H,62,73)(H,63,74)(H,64,72)(H,65,71)(H4,54,55,58)/t37-,38-,39+,40-,41-,42-,43-/m0/s1. The number of guanidine groups is 1. The van der Waals surface area contributed by atoms with Gasteiger partial charge in [-0.15, -0.1) is 0 Å². The Kier molecular flexibility index (Phi) is 22.3. The summed E-state index contributed by atoms with van der Waals surface area (Å²) in [5.74, 6) is -6.79. The van der Waals surface area contributed by atoms with Gasteiger partial charge >= 0.3 is 0 Å². The fourth-order valence-electron chi connectivity index (χ4n) is 9.04. The second kappa shape index (κ2) is 29.0. The van der Waals surface area contributed by atoms with Gasteiger partial charge in [0, 0.05) is 82.4 Å². The minimum absolute atomic E-state index is 0.0458. The van der Waals surface area contributed by atoms with Crippen LogP contribution in [0.15, 0.2) is 78.3 Å². The van der Waals surface area contributed by atoms with Crippen LogP contribution in [0.2, 0.25) is 0 Å². The molecule has 24 heteroatoms.